The molecule has 4 heteroatoms. The molecular weight excluding hydrogens is 282 g/mol. The van der Waals surface area contributed by atoms with E-state index in [9.17, 15) is 4.79 Å². The van der Waals surface area contributed by atoms with Crippen LogP contribution in [-0.2, 0) is 11.3 Å². The lowest BCUT2D eigenvalue weighted by molar-refractivity contribution is -0.118. The van der Waals surface area contributed by atoms with Crippen LogP contribution in [0.5, 0.6) is 0 Å². The van der Waals surface area contributed by atoms with E-state index in [0.717, 1.165) is 11.1 Å². The van der Waals surface area contributed by atoms with Gasteiger partial charge in [0.25, 0.3) is 0 Å². The fourth-order valence-electron chi connectivity index (χ4n) is 1.54. The van der Waals surface area contributed by atoms with Crippen molar-refractivity contribution in [3.05, 3.63) is 35.4 Å². The molecule has 0 bridgehead atoms. The highest BCUT2D eigenvalue weighted by atomic mass is 32.2. The van der Waals surface area contributed by atoms with Gasteiger partial charge in [-0.2, -0.15) is 0 Å². The van der Waals surface area contributed by atoms with Crippen molar-refractivity contribution in [2.45, 2.75) is 38.5 Å². The lowest BCUT2D eigenvalue weighted by atomic mass is 10.1. The molecule has 3 nitrogen and oxygen atoms in total. The maximum Gasteiger partial charge on any atom is 0.230 e. The van der Waals surface area contributed by atoms with Crippen LogP contribution in [0.15, 0.2) is 24.3 Å². The quantitative estimate of drug-likeness (QED) is 0.822. The fraction of sp³-hybridized carbons (Fsp3) is 0.471. The van der Waals surface area contributed by atoms with Gasteiger partial charge >= 0.3 is 0 Å². The Labute approximate surface area is 131 Å². The lowest BCUT2D eigenvalue weighted by Crippen LogP contribution is -2.26. The van der Waals surface area contributed by atoms with E-state index in [1.165, 1.54) is 0 Å². The Morgan fingerprint density at radius 3 is 2.71 bits per heavy atom. The minimum Gasteiger partial charge on any atom is -0.395 e. The van der Waals surface area contributed by atoms with Crippen LogP contribution in [0.2, 0.25) is 0 Å². The number of thioether (sulfide) groups is 1. The van der Waals surface area contributed by atoms with Crippen molar-refractivity contribution in [2.24, 2.45) is 0 Å². The third kappa shape index (κ3) is 7.79. The standard InChI is InChI=1S/C17H23NO2S/c1-17(2,3)21-13-16(20)18-12-15-10-5-4-8-14(15)9-6-7-11-19/h4-5,8,10,19H,7,11-13H2,1-3H3,(H,18,20). The van der Waals surface area contributed by atoms with Gasteiger partial charge in [0.05, 0.1) is 12.4 Å². The van der Waals surface area contributed by atoms with E-state index in [1.54, 1.807) is 11.8 Å². The largest absolute Gasteiger partial charge is 0.395 e. The van der Waals surface area contributed by atoms with Crippen LogP contribution in [0.3, 0.4) is 0 Å². The summed E-state index contributed by atoms with van der Waals surface area (Å²) >= 11 is 1.63. The highest BCUT2D eigenvalue weighted by Gasteiger charge is 2.13. The smallest absolute Gasteiger partial charge is 0.230 e. The van der Waals surface area contributed by atoms with E-state index in [4.69, 9.17) is 5.11 Å². The van der Waals surface area contributed by atoms with E-state index in [1.807, 2.05) is 24.3 Å². The van der Waals surface area contributed by atoms with E-state index in [0.29, 0.717) is 18.7 Å². The van der Waals surface area contributed by atoms with E-state index in [-0.39, 0.29) is 17.3 Å². The average Bonchev–Trinajstić information content (AvgIpc) is 2.43. The van der Waals surface area contributed by atoms with Gasteiger partial charge in [0.1, 0.15) is 0 Å². The first-order valence-corrected chi connectivity index (χ1v) is 7.99. The van der Waals surface area contributed by atoms with Crippen molar-refractivity contribution in [3.8, 4) is 11.8 Å². The SMILES string of the molecule is CC(C)(C)SCC(=O)NCc1ccccc1C#CCCO. The van der Waals surface area contributed by atoms with Crippen LogP contribution < -0.4 is 5.32 Å². The number of carbonyl (C=O) groups is 1. The molecule has 1 aromatic rings. The van der Waals surface area contributed by atoms with Gasteiger partial charge in [0, 0.05) is 23.3 Å². The summed E-state index contributed by atoms with van der Waals surface area (Å²) in [6.45, 7) is 6.83. The molecule has 2 N–H and O–H groups in total. The number of aliphatic hydroxyl groups is 1. The number of carbonyl (C=O) groups excluding carboxylic acids is 1. The van der Waals surface area contributed by atoms with Crippen molar-refractivity contribution in [2.75, 3.05) is 12.4 Å². The number of amides is 1. The molecule has 0 aliphatic carbocycles. The third-order valence-electron chi connectivity index (χ3n) is 2.59. The van der Waals surface area contributed by atoms with E-state index in [2.05, 4.69) is 37.9 Å². The normalized spacial score (nSPS) is 10.7. The zero-order valence-corrected chi connectivity index (χ0v) is 13.7. The van der Waals surface area contributed by atoms with E-state index >= 15 is 0 Å². The van der Waals surface area contributed by atoms with Gasteiger partial charge < -0.3 is 10.4 Å². The summed E-state index contributed by atoms with van der Waals surface area (Å²) in [4.78, 5) is 11.8. The summed E-state index contributed by atoms with van der Waals surface area (Å²) in [7, 11) is 0. The summed E-state index contributed by atoms with van der Waals surface area (Å²) in [6.07, 6.45) is 0.461. The molecular formula is C17H23NO2S. The van der Waals surface area contributed by atoms with Crippen molar-refractivity contribution in [3.63, 3.8) is 0 Å². The average molecular weight is 305 g/mol. The Balaban J connectivity index is 2.56. The van der Waals surface area contributed by atoms with Crippen LogP contribution in [0.1, 0.15) is 38.3 Å². The van der Waals surface area contributed by atoms with Crippen LogP contribution in [0.4, 0.5) is 0 Å². The van der Waals surface area contributed by atoms with Gasteiger partial charge in [-0.05, 0) is 11.6 Å². The number of hydrogen-bond donors (Lipinski definition) is 2. The Morgan fingerprint density at radius 2 is 2.05 bits per heavy atom. The van der Waals surface area contributed by atoms with Gasteiger partial charge in [-0.1, -0.05) is 50.8 Å². The molecule has 0 saturated heterocycles. The van der Waals surface area contributed by atoms with Crippen LogP contribution in [0, 0.1) is 11.8 Å². The highest BCUT2D eigenvalue weighted by Crippen LogP contribution is 2.22. The van der Waals surface area contributed by atoms with Crippen molar-refractivity contribution in [1.82, 2.24) is 5.32 Å². The molecule has 1 rings (SSSR count). The Bertz CT molecular complexity index is 524. The molecule has 0 radical (unpaired) electrons. The minimum atomic E-state index is 0.0352. The molecule has 0 spiro atoms. The van der Waals surface area contributed by atoms with Crippen molar-refractivity contribution >= 4 is 17.7 Å². The molecule has 114 valence electrons. The second-order valence-corrected chi connectivity index (χ2v) is 7.41. The Kier molecular flexibility index (Phi) is 7.35. The molecule has 0 unspecified atom stereocenters. The summed E-state index contributed by atoms with van der Waals surface area (Å²) < 4.78 is 0.0883. The molecule has 1 amide bonds. The molecule has 0 aromatic heterocycles. The molecule has 0 fully saturated rings. The maximum atomic E-state index is 11.8. The second-order valence-electron chi connectivity index (χ2n) is 5.61. The molecule has 1 aromatic carbocycles. The van der Waals surface area contributed by atoms with Crippen molar-refractivity contribution < 1.29 is 9.90 Å². The van der Waals surface area contributed by atoms with Gasteiger partial charge in [-0.3, -0.25) is 4.79 Å². The molecule has 0 aliphatic rings. The summed E-state index contributed by atoms with van der Waals surface area (Å²) in [5, 5.41) is 11.7. The van der Waals surface area contributed by atoms with E-state index < -0.39 is 0 Å². The van der Waals surface area contributed by atoms with Gasteiger partial charge in [-0.15, -0.1) is 11.8 Å². The highest BCUT2D eigenvalue weighted by molar-refractivity contribution is 8.01. The fourth-order valence-corrected chi connectivity index (χ4v) is 2.20. The van der Waals surface area contributed by atoms with Crippen molar-refractivity contribution in [1.29, 1.82) is 0 Å². The van der Waals surface area contributed by atoms with Crippen LogP contribution in [0.25, 0.3) is 0 Å². The summed E-state index contributed by atoms with van der Waals surface area (Å²) in [5.41, 5.74) is 1.90. The minimum absolute atomic E-state index is 0.0352. The lowest BCUT2D eigenvalue weighted by Gasteiger charge is -2.17. The number of aliphatic hydroxyl groups excluding tert-OH is 1. The van der Waals surface area contributed by atoms with Gasteiger partial charge in [0.2, 0.25) is 5.91 Å². The van der Waals surface area contributed by atoms with Crippen LogP contribution in [-0.4, -0.2) is 28.1 Å². The zero-order chi connectivity index (χ0) is 15.7. The maximum absolute atomic E-state index is 11.8. The predicted molar refractivity (Wildman–Crippen MR) is 89.1 cm³/mol. The Morgan fingerprint density at radius 1 is 1.33 bits per heavy atom. The first-order chi connectivity index (χ1) is 9.92. The number of benzene rings is 1. The topological polar surface area (TPSA) is 49.3 Å². The number of rotatable bonds is 5. The number of hydrogen-bond acceptors (Lipinski definition) is 3. The second kappa shape index (κ2) is 8.76. The van der Waals surface area contributed by atoms with Gasteiger partial charge in [-0.25, -0.2) is 0 Å². The third-order valence-corrected chi connectivity index (χ3v) is 3.86. The Hall–Kier alpha value is -1.44. The first kappa shape index (κ1) is 17.6. The molecule has 0 saturated carbocycles. The summed E-state index contributed by atoms with van der Waals surface area (Å²) in [5.74, 6) is 6.43. The first-order valence-electron chi connectivity index (χ1n) is 7.00. The molecule has 21 heavy (non-hydrogen) atoms. The molecule has 0 aliphatic heterocycles. The molecule has 0 heterocycles. The molecule has 0 atom stereocenters. The van der Waals surface area contributed by atoms with Gasteiger partial charge in [0.15, 0.2) is 0 Å². The summed E-state index contributed by atoms with van der Waals surface area (Å²) in [6, 6.07) is 7.74. The zero-order valence-electron chi connectivity index (χ0n) is 12.9. The monoisotopic (exact) mass is 305 g/mol. The number of nitrogens with one attached hydrogen (secondary N) is 1. The van der Waals surface area contributed by atoms with Crippen LogP contribution >= 0.6 is 11.8 Å². The predicted octanol–water partition coefficient (Wildman–Crippen LogP) is 2.57.